The van der Waals surface area contributed by atoms with Crippen molar-refractivity contribution in [3.8, 4) is 0 Å². The summed E-state index contributed by atoms with van der Waals surface area (Å²) < 4.78 is 19.3. The number of carboxylic acid groups (broad SMARTS) is 1. The van der Waals surface area contributed by atoms with Crippen LogP contribution in [0.4, 0.5) is 10.1 Å². The van der Waals surface area contributed by atoms with Crippen molar-refractivity contribution in [3.63, 3.8) is 0 Å². The van der Waals surface area contributed by atoms with Crippen molar-refractivity contribution in [2.24, 2.45) is 0 Å². The molecule has 1 atom stereocenters. The Hall–Kier alpha value is -3.40. The van der Waals surface area contributed by atoms with Gasteiger partial charge in [-0.2, -0.15) is 0 Å². The second kappa shape index (κ2) is 10.3. The van der Waals surface area contributed by atoms with E-state index < -0.39 is 17.2 Å². The number of rotatable bonds is 7. The van der Waals surface area contributed by atoms with Crippen LogP contribution in [0.15, 0.2) is 60.0 Å². The summed E-state index contributed by atoms with van der Waals surface area (Å²) in [5, 5.41) is 10.6. The zero-order chi connectivity index (χ0) is 27.3. The van der Waals surface area contributed by atoms with E-state index in [0.29, 0.717) is 54.0 Å². The number of carbonyl (C=O) groups is 1. The molecule has 2 aromatic carbocycles. The molecular formula is C28H26Cl2FN5O3. The van der Waals surface area contributed by atoms with Gasteiger partial charge in [0.15, 0.2) is 0 Å². The molecule has 1 N–H and O–H groups in total. The monoisotopic (exact) mass is 569 g/mol. The average molecular weight is 570 g/mol. The van der Waals surface area contributed by atoms with Gasteiger partial charge < -0.3 is 19.1 Å². The highest BCUT2D eigenvalue weighted by atomic mass is 35.5. The van der Waals surface area contributed by atoms with Crippen molar-refractivity contribution in [1.82, 2.24) is 19.0 Å². The molecule has 0 amide bonds. The van der Waals surface area contributed by atoms with Crippen LogP contribution in [0, 0.1) is 5.82 Å². The molecule has 8 nitrogen and oxygen atoms in total. The van der Waals surface area contributed by atoms with E-state index in [0.717, 1.165) is 18.4 Å². The molecule has 3 heterocycles. The summed E-state index contributed by atoms with van der Waals surface area (Å²) in [6, 6.07) is 8.70. The first-order chi connectivity index (χ1) is 18.8. The number of piperazine rings is 1. The maximum Gasteiger partial charge on any atom is 0.341 e. The third-order valence-corrected chi connectivity index (χ3v) is 8.38. The number of halogens is 3. The Kier molecular flexibility index (Phi) is 6.82. The van der Waals surface area contributed by atoms with Gasteiger partial charge in [-0.25, -0.2) is 14.2 Å². The predicted molar refractivity (Wildman–Crippen MR) is 149 cm³/mol. The SMILES string of the molecule is O=C(O)c1cn(C2CC2)c2cc(N3CCN(C(Cn4ccnc4)c4ccc(Cl)c(Cl)c4)CC3)c(F)cc2c1=O. The number of hydrogen-bond acceptors (Lipinski definition) is 5. The van der Waals surface area contributed by atoms with E-state index in [1.54, 1.807) is 24.7 Å². The number of benzene rings is 2. The number of nitrogens with zero attached hydrogens (tertiary/aromatic N) is 5. The summed E-state index contributed by atoms with van der Waals surface area (Å²) in [6.45, 7) is 3.16. The van der Waals surface area contributed by atoms with Gasteiger partial charge in [-0.05, 0) is 42.7 Å². The summed E-state index contributed by atoms with van der Waals surface area (Å²) in [5.74, 6) is -1.83. The minimum atomic E-state index is -1.30. The Balaban J connectivity index is 1.29. The lowest BCUT2D eigenvalue weighted by Crippen LogP contribution is -2.48. The van der Waals surface area contributed by atoms with Crippen molar-refractivity contribution in [1.29, 1.82) is 0 Å². The molecule has 202 valence electrons. The lowest BCUT2D eigenvalue weighted by atomic mass is 10.0. The van der Waals surface area contributed by atoms with Gasteiger partial charge in [0.1, 0.15) is 11.4 Å². The van der Waals surface area contributed by atoms with E-state index >= 15 is 4.39 Å². The van der Waals surface area contributed by atoms with Crippen molar-refractivity contribution in [2.45, 2.75) is 31.5 Å². The Morgan fingerprint density at radius 3 is 2.51 bits per heavy atom. The quantitative estimate of drug-likeness (QED) is 0.327. The van der Waals surface area contributed by atoms with E-state index in [-0.39, 0.29) is 23.0 Å². The molecular weight excluding hydrogens is 544 g/mol. The second-order valence-corrected chi connectivity index (χ2v) is 10.9. The summed E-state index contributed by atoms with van der Waals surface area (Å²) in [7, 11) is 0. The fourth-order valence-electron chi connectivity index (χ4n) is 5.43. The van der Waals surface area contributed by atoms with Crippen molar-refractivity contribution in [2.75, 3.05) is 31.1 Å². The number of pyridine rings is 1. The van der Waals surface area contributed by atoms with Crippen LogP contribution in [0.25, 0.3) is 10.9 Å². The number of hydrogen-bond donors (Lipinski definition) is 1. The molecule has 6 rings (SSSR count). The standard InChI is InChI=1S/C28H26Cl2FN5O3/c29-21-4-1-17(11-22(21)30)26(15-33-6-5-32-16-33)35-9-7-34(8-10-35)25-13-24-19(12-23(25)31)27(37)20(28(38)39)14-36(24)18-2-3-18/h1,4-6,11-14,16,18,26H,2-3,7-10,15H2,(H,38,39). The molecule has 1 unspecified atom stereocenters. The first kappa shape index (κ1) is 25.9. The second-order valence-electron chi connectivity index (χ2n) is 10.1. The zero-order valence-electron chi connectivity index (χ0n) is 20.9. The number of carboxylic acids is 1. The third kappa shape index (κ3) is 5.02. The molecule has 1 aliphatic carbocycles. The molecule has 1 saturated carbocycles. The Morgan fingerprint density at radius 2 is 1.87 bits per heavy atom. The molecule has 39 heavy (non-hydrogen) atoms. The Bertz CT molecular complexity index is 1610. The molecule has 2 aliphatic rings. The van der Waals surface area contributed by atoms with E-state index in [2.05, 4.69) is 9.88 Å². The van der Waals surface area contributed by atoms with Crippen LogP contribution in [-0.4, -0.2) is 56.3 Å². The van der Waals surface area contributed by atoms with Gasteiger partial charge in [0.25, 0.3) is 0 Å². The van der Waals surface area contributed by atoms with Crippen LogP contribution in [0.2, 0.25) is 10.0 Å². The highest BCUT2D eigenvalue weighted by Gasteiger charge is 2.30. The van der Waals surface area contributed by atoms with E-state index in [9.17, 15) is 14.7 Å². The minimum absolute atomic E-state index is 0.00653. The van der Waals surface area contributed by atoms with Crippen LogP contribution >= 0.6 is 23.2 Å². The van der Waals surface area contributed by atoms with Crippen LogP contribution in [0.1, 0.15) is 40.8 Å². The molecule has 2 aromatic heterocycles. The number of imidazole rings is 1. The van der Waals surface area contributed by atoms with Gasteiger partial charge in [-0.1, -0.05) is 29.3 Å². The minimum Gasteiger partial charge on any atom is -0.477 e. The van der Waals surface area contributed by atoms with E-state index in [4.69, 9.17) is 23.2 Å². The van der Waals surface area contributed by atoms with E-state index in [1.165, 1.54) is 12.3 Å². The smallest absolute Gasteiger partial charge is 0.341 e. The number of aromatic nitrogens is 3. The molecule has 4 aromatic rings. The topological polar surface area (TPSA) is 83.6 Å². The number of aromatic carboxylic acids is 1. The van der Waals surface area contributed by atoms with Gasteiger partial charge >= 0.3 is 5.97 Å². The van der Waals surface area contributed by atoms with Gasteiger partial charge in [-0.15, -0.1) is 0 Å². The third-order valence-electron chi connectivity index (χ3n) is 7.64. The van der Waals surface area contributed by atoms with Crippen LogP contribution in [-0.2, 0) is 6.54 Å². The molecule has 0 radical (unpaired) electrons. The average Bonchev–Trinajstić information content (AvgIpc) is 3.64. The Labute approximate surface area is 233 Å². The van der Waals surface area contributed by atoms with Crippen LogP contribution in [0.5, 0.6) is 0 Å². The summed E-state index contributed by atoms with van der Waals surface area (Å²) in [6.07, 6.45) is 8.64. The van der Waals surface area contributed by atoms with Gasteiger partial charge in [0, 0.05) is 62.7 Å². The van der Waals surface area contributed by atoms with Crippen LogP contribution in [0.3, 0.4) is 0 Å². The fourth-order valence-corrected chi connectivity index (χ4v) is 5.73. The normalized spacial score (nSPS) is 17.1. The largest absolute Gasteiger partial charge is 0.477 e. The highest BCUT2D eigenvalue weighted by molar-refractivity contribution is 6.42. The molecule has 0 spiro atoms. The van der Waals surface area contributed by atoms with Crippen LogP contribution < -0.4 is 10.3 Å². The fraction of sp³-hybridized carbons (Fsp3) is 0.321. The molecule has 11 heteroatoms. The Morgan fingerprint density at radius 1 is 1.10 bits per heavy atom. The predicted octanol–water partition coefficient (Wildman–Crippen LogP) is 5.24. The van der Waals surface area contributed by atoms with Crippen molar-refractivity contribution < 1.29 is 14.3 Å². The molecule has 1 saturated heterocycles. The lowest BCUT2D eigenvalue weighted by Gasteiger charge is -2.40. The number of anilines is 1. The number of fused-ring (bicyclic) bond motifs is 1. The van der Waals surface area contributed by atoms with Gasteiger partial charge in [0.05, 0.1) is 33.6 Å². The lowest BCUT2D eigenvalue weighted by molar-refractivity contribution is 0.0695. The highest BCUT2D eigenvalue weighted by Crippen LogP contribution is 2.38. The maximum absolute atomic E-state index is 15.4. The van der Waals surface area contributed by atoms with Gasteiger partial charge in [0.2, 0.25) is 5.43 Å². The first-order valence-corrected chi connectivity index (χ1v) is 13.6. The summed E-state index contributed by atoms with van der Waals surface area (Å²) in [5.41, 5.74) is 1.03. The summed E-state index contributed by atoms with van der Waals surface area (Å²) in [4.78, 5) is 33.0. The van der Waals surface area contributed by atoms with Gasteiger partial charge in [-0.3, -0.25) is 9.69 Å². The first-order valence-electron chi connectivity index (χ1n) is 12.8. The van der Waals surface area contributed by atoms with Crippen molar-refractivity contribution in [3.05, 3.63) is 92.5 Å². The zero-order valence-corrected chi connectivity index (χ0v) is 22.4. The molecule has 2 fully saturated rings. The van der Waals surface area contributed by atoms with Crippen molar-refractivity contribution >= 4 is 45.8 Å². The summed E-state index contributed by atoms with van der Waals surface area (Å²) >= 11 is 12.5. The maximum atomic E-state index is 15.4. The van der Waals surface area contributed by atoms with E-state index in [1.807, 2.05) is 32.4 Å². The molecule has 0 bridgehead atoms. The molecule has 1 aliphatic heterocycles.